The van der Waals surface area contributed by atoms with Crippen molar-refractivity contribution in [2.45, 2.75) is 19.4 Å². The summed E-state index contributed by atoms with van der Waals surface area (Å²) in [4.78, 5) is 16.8. The van der Waals surface area contributed by atoms with Crippen LogP contribution in [0.2, 0.25) is 0 Å². The summed E-state index contributed by atoms with van der Waals surface area (Å²) in [5.74, 6) is 0.243. The van der Waals surface area contributed by atoms with Crippen LogP contribution >= 0.6 is 24.8 Å². The van der Waals surface area contributed by atoms with Crippen LogP contribution in [0, 0.1) is 6.92 Å². The fourth-order valence-electron chi connectivity index (χ4n) is 3.21. The number of benzene rings is 1. The number of amides is 1. The van der Waals surface area contributed by atoms with Gasteiger partial charge in [0, 0.05) is 50.9 Å². The van der Waals surface area contributed by atoms with Gasteiger partial charge in [0.1, 0.15) is 0 Å². The average molecular weight is 376 g/mol. The smallest absolute Gasteiger partial charge is 0.224 e. The third kappa shape index (κ3) is 5.24. The lowest BCUT2D eigenvalue weighted by molar-refractivity contribution is -0.132. The van der Waals surface area contributed by atoms with E-state index >= 15 is 0 Å². The summed E-state index contributed by atoms with van der Waals surface area (Å²) < 4.78 is 5.42. The molecule has 1 unspecified atom stereocenters. The van der Waals surface area contributed by atoms with Gasteiger partial charge in [0.05, 0.1) is 13.2 Å². The number of nitrogens with one attached hydrogen (secondary N) is 1. The molecule has 0 aliphatic carbocycles. The molecule has 136 valence electrons. The van der Waals surface area contributed by atoms with E-state index in [1.165, 1.54) is 11.3 Å². The second-order valence-corrected chi connectivity index (χ2v) is 6.08. The number of rotatable bonds is 3. The molecule has 1 aromatic carbocycles. The molecule has 3 rings (SSSR count). The number of hydrogen-bond donors (Lipinski definition) is 1. The van der Waals surface area contributed by atoms with Gasteiger partial charge in [-0.1, -0.05) is 18.2 Å². The number of aryl methyl sites for hydroxylation is 1. The third-order valence-electron chi connectivity index (χ3n) is 4.51. The van der Waals surface area contributed by atoms with Gasteiger partial charge in [-0.05, 0) is 18.6 Å². The second-order valence-electron chi connectivity index (χ2n) is 6.08. The van der Waals surface area contributed by atoms with E-state index in [0.717, 1.165) is 39.3 Å². The molecule has 2 aliphatic rings. The van der Waals surface area contributed by atoms with Crippen molar-refractivity contribution < 1.29 is 9.53 Å². The van der Waals surface area contributed by atoms with Crippen molar-refractivity contribution in [1.82, 2.24) is 10.2 Å². The number of morpholine rings is 1. The van der Waals surface area contributed by atoms with Crippen LogP contribution in [-0.2, 0) is 9.53 Å². The molecule has 2 saturated heterocycles. The molecule has 0 aromatic heterocycles. The standard InChI is InChI=1S/C17H25N3O2.2ClH/c1-14-4-2-3-5-16(14)19-7-9-20(10-8-19)17(21)12-15-13-22-11-6-18-15;;/h2-5,15,18H,6-13H2,1H3;2*1H. The number of nitrogens with zero attached hydrogens (tertiary/aromatic N) is 2. The first-order chi connectivity index (χ1) is 10.7. The maximum atomic E-state index is 12.4. The van der Waals surface area contributed by atoms with Crippen molar-refractivity contribution in [1.29, 1.82) is 0 Å². The van der Waals surface area contributed by atoms with E-state index in [1.54, 1.807) is 0 Å². The highest BCUT2D eigenvalue weighted by Crippen LogP contribution is 2.21. The van der Waals surface area contributed by atoms with Crippen LogP contribution in [0.5, 0.6) is 0 Å². The molecule has 5 nitrogen and oxygen atoms in total. The Labute approximate surface area is 156 Å². The maximum absolute atomic E-state index is 12.4. The van der Waals surface area contributed by atoms with Gasteiger partial charge in [0.15, 0.2) is 0 Å². The van der Waals surface area contributed by atoms with E-state index in [2.05, 4.69) is 41.4 Å². The summed E-state index contributed by atoms with van der Waals surface area (Å²) in [7, 11) is 0. The molecule has 7 heteroatoms. The summed E-state index contributed by atoms with van der Waals surface area (Å²) in [6.45, 7) is 7.81. The molecule has 1 N–H and O–H groups in total. The lowest BCUT2D eigenvalue weighted by Gasteiger charge is -2.37. The molecular weight excluding hydrogens is 349 g/mol. The topological polar surface area (TPSA) is 44.8 Å². The molecule has 1 amide bonds. The average Bonchev–Trinajstić information content (AvgIpc) is 2.56. The SMILES string of the molecule is Cc1ccccc1N1CCN(C(=O)CC2COCCN2)CC1.Cl.Cl. The Hall–Kier alpha value is -1.01. The quantitative estimate of drug-likeness (QED) is 0.875. The minimum absolute atomic E-state index is 0. The largest absolute Gasteiger partial charge is 0.378 e. The van der Waals surface area contributed by atoms with E-state index in [1.807, 2.05) is 4.90 Å². The van der Waals surface area contributed by atoms with Crippen LogP contribution in [0.3, 0.4) is 0 Å². The van der Waals surface area contributed by atoms with E-state index in [0.29, 0.717) is 13.0 Å². The van der Waals surface area contributed by atoms with Gasteiger partial charge in [-0.3, -0.25) is 4.79 Å². The Morgan fingerprint density at radius 1 is 1.21 bits per heavy atom. The van der Waals surface area contributed by atoms with Gasteiger partial charge >= 0.3 is 0 Å². The van der Waals surface area contributed by atoms with Crippen molar-refractivity contribution in [3.63, 3.8) is 0 Å². The van der Waals surface area contributed by atoms with Crippen LogP contribution < -0.4 is 10.2 Å². The molecule has 0 radical (unpaired) electrons. The van der Waals surface area contributed by atoms with E-state index < -0.39 is 0 Å². The van der Waals surface area contributed by atoms with Gasteiger partial charge in [-0.25, -0.2) is 0 Å². The molecule has 0 spiro atoms. The first-order valence-electron chi connectivity index (χ1n) is 8.13. The Balaban J connectivity index is 0.00000144. The summed E-state index contributed by atoms with van der Waals surface area (Å²) in [6.07, 6.45) is 0.546. The Kier molecular flexibility index (Phi) is 8.84. The minimum Gasteiger partial charge on any atom is -0.378 e. The van der Waals surface area contributed by atoms with Crippen LogP contribution in [0.4, 0.5) is 5.69 Å². The maximum Gasteiger partial charge on any atom is 0.224 e. The molecule has 24 heavy (non-hydrogen) atoms. The predicted octanol–water partition coefficient (Wildman–Crippen LogP) is 1.87. The van der Waals surface area contributed by atoms with Crippen molar-refractivity contribution in [2.24, 2.45) is 0 Å². The lowest BCUT2D eigenvalue weighted by atomic mass is 10.1. The van der Waals surface area contributed by atoms with Crippen molar-refractivity contribution in [3.05, 3.63) is 29.8 Å². The Morgan fingerprint density at radius 2 is 1.92 bits per heavy atom. The number of carbonyl (C=O) groups excluding carboxylic acids is 1. The normalized spacial score (nSPS) is 20.8. The number of hydrogen-bond acceptors (Lipinski definition) is 4. The number of halogens is 2. The van der Waals surface area contributed by atoms with E-state index in [9.17, 15) is 4.79 Å². The predicted molar refractivity (Wildman–Crippen MR) is 102 cm³/mol. The molecule has 1 atom stereocenters. The zero-order valence-corrected chi connectivity index (χ0v) is 15.7. The number of anilines is 1. The summed E-state index contributed by atoms with van der Waals surface area (Å²) >= 11 is 0. The number of ether oxygens (including phenoxy) is 1. The fourth-order valence-corrected chi connectivity index (χ4v) is 3.21. The fraction of sp³-hybridized carbons (Fsp3) is 0.588. The molecule has 2 aliphatic heterocycles. The molecule has 2 heterocycles. The monoisotopic (exact) mass is 375 g/mol. The van der Waals surface area contributed by atoms with Crippen LogP contribution in [0.25, 0.3) is 0 Å². The van der Waals surface area contributed by atoms with E-state index in [-0.39, 0.29) is 36.8 Å². The zero-order valence-electron chi connectivity index (χ0n) is 14.1. The highest BCUT2D eigenvalue weighted by atomic mass is 35.5. The molecule has 0 saturated carbocycles. The van der Waals surface area contributed by atoms with Gasteiger partial charge in [0.25, 0.3) is 0 Å². The third-order valence-corrected chi connectivity index (χ3v) is 4.51. The number of carbonyl (C=O) groups is 1. The number of piperazine rings is 1. The van der Waals surface area contributed by atoms with Gasteiger partial charge in [-0.15, -0.1) is 24.8 Å². The summed E-state index contributed by atoms with van der Waals surface area (Å²) in [5, 5.41) is 3.35. The Bertz CT molecular complexity index is 516. The summed E-state index contributed by atoms with van der Waals surface area (Å²) in [6, 6.07) is 8.63. The minimum atomic E-state index is 0. The summed E-state index contributed by atoms with van der Waals surface area (Å²) in [5.41, 5.74) is 2.59. The molecular formula is C17H27Cl2N3O2. The second kappa shape index (κ2) is 10.1. The first-order valence-corrected chi connectivity index (χ1v) is 8.13. The van der Waals surface area contributed by atoms with Gasteiger partial charge in [-0.2, -0.15) is 0 Å². The van der Waals surface area contributed by atoms with Crippen molar-refractivity contribution >= 4 is 36.4 Å². The van der Waals surface area contributed by atoms with E-state index in [4.69, 9.17) is 4.74 Å². The highest BCUT2D eigenvalue weighted by molar-refractivity contribution is 5.85. The van der Waals surface area contributed by atoms with Crippen LogP contribution in [0.15, 0.2) is 24.3 Å². The van der Waals surface area contributed by atoms with Crippen molar-refractivity contribution in [2.75, 3.05) is 50.8 Å². The molecule has 2 fully saturated rings. The van der Waals surface area contributed by atoms with Gasteiger partial charge < -0.3 is 19.9 Å². The highest BCUT2D eigenvalue weighted by Gasteiger charge is 2.25. The van der Waals surface area contributed by atoms with Gasteiger partial charge in [0.2, 0.25) is 5.91 Å². The zero-order chi connectivity index (χ0) is 15.4. The van der Waals surface area contributed by atoms with Crippen molar-refractivity contribution in [3.8, 4) is 0 Å². The molecule has 1 aromatic rings. The first kappa shape index (κ1) is 21.0. The van der Waals surface area contributed by atoms with Crippen LogP contribution in [-0.4, -0.2) is 62.8 Å². The molecule has 0 bridgehead atoms. The number of para-hydroxylation sites is 1. The lowest BCUT2D eigenvalue weighted by Crippen LogP contribution is -2.51. The Morgan fingerprint density at radius 3 is 2.54 bits per heavy atom. The van der Waals surface area contributed by atoms with Crippen LogP contribution in [0.1, 0.15) is 12.0 Å².